The molecule has 0 saturated heterocycles. The molecule has 0 amide bonds. The summed E-state index contributed by atoms with van der Waals surface area (Å²) in [6.07, 6.45) is 4.12. The molecular weight excluding hydrogens is 302 g/mol. The third-order valence-corrected chi connectivity index (χ3v) is 5.12. The average molecular weight is 326 g/mol. The maximum absolute atomic E-state index is 10.2. The summed E-state index contributed by atoms with van der Waals surface area (Å²) in [6, 6.07) is 6.81. The van der Waals surface area contributed by atoms with Gasteiger partial charge >= 0.3 is 0 Å². The largest absolute Gasteiger partial charge is 0.392 e. The van der Waals surface area contributed by atoms with Crippen LogP contribution in [0.2, 0.25) is 0 Å². The molecule has 2 nitrogen and oxygen atoms in total. The molecule has 3 heteroatoms. The molecule has 0 fully saturated rings. The fourth-order valence-electron chi connectivity index (χ4n) is 3.08. The predicted octanol–water partition coefficient (Wildman–Crippen LogP) is 3.82. The number of fused-ring (bicyclic) bond motifs is 1. The highest BCUT2D eigenvalue weighted by molar-refractivity contribution is 9.10. The Balaban J connectivity index is 1.95. The number of aliphatic hydroxyl groups is 1. The van der Waals surface area contributed by atoms with Gasteiger partial charge in [0.05, 0.1) is 6.10 Å². The Hall–Kier alpha value is -0.380. The fourth-order valence-corrected chi connectivity index (χ4v) is 3.66. The number of hydrogen-bond acceptors (Lipinski definition) is 2. The Morgan fingerprint density at radius 1 is 1.37 bits per heavy atom. The molecule has 0 radical (unpaired) electrons. The number of rotatable bonds is 6. The lowest BCUT2D eigenvalue weighted by Crippen LogP contribution is -2.34. The summed E-state index contributed by atoms with van der Waals surface area (Å²) < 4.78 is 1.22. The van der Waals surface area contributed by atoms with Gasteiger partial charge in [0, 0.05) is 17.1 Å². The van der Waals surface area contributed by atoms with E-state index in [-0.39, 0.29) is 6.10 Å². The summed E-state index contributed by atoms with van der Waals surface area (Å²) in [7, 11) is 0. The first-order valence-corrected chi connectivity index (χ1v) is 8.15. The first kappa shape index (κ1) is 15.0. The van der Waals surface area contributed by atoms with Crippen molar-refractivity contribution in [2.45, 2.75) is 51.7 Å². The molecule has 2 N–H and O–H groups in total. The highest BCUT2D eigenvalue weighted by atomic mass is 79.9. The van der Waals surface area contributed by atoms with Crippen LogP contribution in [0.15, 0.2) is 22.7 Å². The average Bonchev–Trinajstić information content (AvgIpc) is 2.82. The normalized spacial score (nSPS) is 19.7. The molecule has 1 aromatic carbocycles. The van der Waals surface area contributed by atoms with Crippen LogP contribution in [0, 0.1) is 5.92 Å². The molecule has 0 spiro atoms. The number of aliphatic hydroxyl groups excluding tert-OH is 1. The molecule has 1 aliphatic rings. The summed E-state index contributed by atoms with van der Waals surface area (Å²) in [5, 5.41) is 13.7. The Morgan fingerprint density at radius 2 is 2.11 bits per heavy atom. The van der Waals surface area contributed by atoms with E-state index in [4.69, 9.17) is 0 Å². The quantitative estimate of drug-likeness (QED) is 0.833. The van der Waals surface area contributed by atoms with Crippen LogP contribution in [0.25, 0.3) is 0 Å². The van der Waals surface area contributed by atoms with Crippen molar-refractivity contribution < 1.29 is 5.11 Å². The third kappa shape index (κ3) is 3.39. The molecule has 2 unspecified atom stereocenters. The Labute approximate surface area is 124 Å². The van der Waals surface area contributed by atoms with Crippen LogP contribution in [0.5, 0.6) is 0 Å². The monoisotopic (exact) mass is 325 g/mol. The van der Waals surface area contributed by atoms with Crippen LogP contribution in [0.4, 0.5) is 0 Å². The lowest BCUT2D eigenvalue weighted by molar-refractivity contribution is 0.0983. The van der Waals surface area contributed by atoms with Crippen molar-refractivity contribution in [3.05, 3.63) is 33.8 Å². The summed E-state index contributed by atoms with van der Waals surface area (Å²) in [4.78, 5) is 0. The van der Waals surface area contributed by atoms with Crippen LogP contribution < -0.4 is 5.32 Å². The molecular formula is C16H24BrNO. The minimum atomic E-state index is -0.230. The van der Waals surface area contributed by atoms with Crippen molar-refractivity contribution >= 4 is 15.9 Å². The van der Waals surface area contributed by atoms with Gasteiger partial charge in [-0.1, -0.05) is 54.8 Å². The van der Waals surface area contributed by atoms with E-state index < -0.39 is 0 Å². The van der Waals surface area contributed by atoms with Crippen LogP contribution >= 0.6 is 15.9 Å². The molecule has 1 aromatic rings. The Morgan fingerprint density at radius 3 is 2.79 bits per heavy atom. The van der Waals surface area contributed by atoms with Gasteiger partial charge in [0.2, 0.25) is 0 Å². The third-order valence-electron chi connectivity index (χ3n) is 4.38. The molecule has 2 atom stereocenters. The molecule has 2 rings (SSSR count). The second kappa shape index (κ2) is 6.87. The van der Waals surface area contributed by atoms with E-state index in [1.165, 1.54) is 15.6 Å². The van der Waals surface area contributed by atoms with E-state index in [0.29, 0.717) is 18.5 Å². The number of nitrogens with one attached hydrogen (secondary N) is 1. The van der Waals surface area contributed by atoms with E-state index in [2.05, 4.69) is 53.3 Å². The second-order valence-electron chi connectivity index (χ2n) is 5.45. The Kier molecular flexibility index (Phi) is 5.43. The van der Waals surface area contributed by atoms with Crippen molar-refractivity contribution in [1.29, 1.82) is 0 Å². The van der Waals surface area contributed by atoms with Crippen LogP contribution in [-0.2, 0) is 6.42 Å². The second-order valence-corrected chi connectivity index (χ2v) is 6.31. The van der Waals surface area contributed by atoms with E-state index in [1.54, 1.807) is 0 Å². The maximum Gasteiger partial charge on any atom is 0.0692 e. The van der Waals surface area contributed by atoms with E-state index in [0.717, 1.165) is 25.7 Å². The fraction of sp³-hybridized carbons (Fsp3) is 0.625. The highest BCUT2D eigenvalue weighted by Crippen LogP contribution is 2.35. The van der Waals surface area contributed by atoms with Crippen molar-refractivity contribution in [2.24, 2.45) is 5.92 Å². The van der Waals surface area contributed by atoms with Crippen LogP contribution in [-0.4, -0.2) is 17.8 Å². The van der Waals surface area contributed by atoms with Crippen molar-refractivity contribution in [1.82, 2.24) is 5.32 Å². The van der Waals surface area contributed by atoms with Gasteiger partial charge in [-0.25, -0.2) is 0 Å². The first-order valence-electron chi connectivity index (χ1n) is 7.36. The van der Waals surface area contributed by atoms with Gasteiger partial charge in [0.15, 0.2) is 0 Å². The number of halogens is 1. The minimum Gasteiger partial charge on any atom is -0.392 e. The molecule has 0 aromatic heterocycles. The topological polar surface area (TPSA) is 32.3 Å². The minimum absolute atomic E-state index is 0.230. The standard InChI is InChI=1S/C16H24BrNO/c1-3-11(4-2)16(19)10-18-15-9-8-12-13(15)6-5-7-14(12)17/h5-7,11,15-16,18-19H,3-4,8-10H2,1-2H3. The zero-order valence-corrected chi connectivity index (χ0v) is 13.4. The number of benzene rings is 1. The van der Waals surface area contributed by atoms with Crippen molar-refractivity contribution in [2.75, 3.05) is 6.54 Å². The molecule has 106 valence electrons. The molecule has 0 aliphatic heterocycles. The van der Waals surface area contributed by atoms with E-state index >= 15 is 0 Å². The molecule has 1 aliphatic carbocycles. The van der Waals surface area contributed by atoms with Gasteiger partial charge in [-0.15, -0.1) is 0 Å². The lowest BCUT2D eigenvalue weighted by atomic mass is 9.96. The van der Waals surface area contributed by atoms with E-state index in [9.17, 15) is 5.11 Å². The highest BCUT2D eigenvalue weighted by Gasteiger charge is 2.25. The summed E-state index contributed by atoms with van der Waals surface area (Å²) in [6.45, 7) is 5.00. The number of hydrogen-bond donors (Lipinski definition) is 2. The van der Waals surface area contributed by atoms with Crippen LogP contribution in [0.1, 0.15) is 50.3 Å². The lowest BCUT2D eigenvalue weighted by Gasteiger charge is -2.23. The molecule has 0 bridgehead atoms. The van der Waals surface area contributed by atoms with Crippen LogP contribution in [0.3, 0.4) is 0 Å². The molecule has 0 saturated carbocycles. The maximum atomic E-state index is 10.2. The smallest absolute Gasteiger partial charge is 0.0692 e. The molecule has 0 heterocycles. The summed E-state index contributed by atoms with van der Waals surface area (Å²) >= 11 is 3.62. The van der Waals surface area contributed by atoms with E-state index in [1.807, 2.05) is 0 Å². The van der Waals surface area contributed by atoms with Gasteiger partial charge in [0.25, 0.3) is 0 Å². The van der Waals surface area contributed by atoms with Gasteiger partial charge in [-0.05, 0) is 36.0 Å². The zero-order chi connectivity index (χ0) is 13.8. The van der Waals surface area contributed by atoms with Crippen molar-refractivity contribution in [3.63, 3.8) is 0 Å². The summed E-state index contributed by atoms with van der Waals surface area (Å²) in [5.74, 6) is 0.413. The first-order chi connectivity index (χ1) is 9.17. The SMILES string of the molecule is CCC(CC)C(O)CNC1CCc2c(Br)cccc21. The van der Waals surface area contributed by atoms with Gasteiger partial charge in [0.1, 0.15) is 0 Å². The summed E-state index contributed by atoms with van der Waals surface area (Å²) in [5.41, 5.74) is 2.82. The van der Waals surface area contributed by atoms with Crippen molar-refractivity contribution in [3.8, 4) is 0 Å². The zero-order valence-electron chi connectivity index (χ0n) is 11.8. The Bertz CT molecular complexity index is 417. The predicted molar refractivity (Wildman–Crippen MR) is 83.3 cm³/mol. The molecule has 19 heavy (non-hydrogen) atoms. The van der Waals surface area contributed by atoms with Gasteiger partial charge < -0.3 is 10.4 Å². The van der Waals surface area contributed by atoms with Gasteiger partial charge in [-0.3, -0.25) is 0 Å². The van der Waals surface area contributed by atoms with Gasteiger partial charge in [-0.2, -0.15) is 0 Å².